The molecule has 0 aliphatic heterocycles. The molecule has 0 amide bonds. The lowest BCUT2D eigenvalue weighted by Gasteiger charge is -2.19. The zero-order valence-electron chi connectivity index (χ0n) is 10.8. The van der Waals surface area contributed by atoms with Crippen LogP contribution in [0.1, 0.15) is 59.8 Å². The summed E-state index contributed by atoms with van der Waals surface area (Å²) in [4.78, 5) is 0. The zero-order chi connectivity index (χ0) is 11.7. The quantitative estimate of drug-likeness (QED) is 0.597. The van der Waals surface area contributed by atoms with Crippen LogP contribution in [-0.2, 0) is 4.74 Å². The molecule has 0 rings (SSSR count). The van der Waals surface area contributed by atoms with Gasteiger partial charge in [-0.15, -0.1) is 0 Å². The molecule has 0 saturated carbocycles. The first-order chi connectivity index (χ1) is 7.13. The summed E-state index contributed by atoms with van der Waals surface area (Å²) in [6.45, 7) is 9.38. The van der Waals surface area contributed by atoms with E-state index in [0.29, 0.717) is 18.4 Å². The Kier molecular flexibility index (Phi) is 9.12. The van der Waals surface area contributed by atoms with E-state index in [2.05, 4.69) is 27.7 Å². The van der Waals surface area contributed by atoms with Crippen LogP contribution in [0.15, 0.2) is 0 Å². The molecule has 2 nitrogen and oxygen atoms in total. The highest BCUT2D eigenvalue weighted by Crippen LogP contribution is 2.15. The van der Waals surface area contributed by atoms with Crippen molar-refractivity contribution in [2.45, 2.75) is 66.1 Å². The highest BCUT2D eigenvalue weighted by Gasteiger charge is 2.12. The van der Waals surface area contributed by atoms with Crippen molar-refractivity contribution in [3.05, 3.63) is 0 Å². The molecule has 0 aromatic heterocycles. The van der Waals surface area contributed by atoms with Crippen molar-refractivity contribution in [2.75, 3.05) is 6.61 Å². The number of aliphatic hydroxyl groups is 1. The van der Waals surface area contributed by atoms with Crippen LogP contribution in [0.5, 0.6) is 0 Å². The minimum absolute atomic E-state index is 0.547. The molecule has 0 bridgehead atoms. The van der Waals surface area contributed by atoms with Crippen molar-refractivity contribution in [2.24, 2.45) is 11.8 Å². The van der Waals surface area contributed by atoms with E-state index in [1.54, 1.807) is 0 Å². The smallest absolute Gasteiger partial charge is 0.154 e. The van der Waals surface area contributed by atoms with Gasteiger partial charge in [-0.3, -0.25) is 0 Å². The van der Waals surface area contributed by atoms with Crippen LogP contribution in [0.2, 0.25) is 0 Å². The van der Waals surface area contributed by atoms with Gasteiger partial charge in [-0.05, 0) is 18.3 Å². The lowest BCUT2D eigenvalue weighted by atomic mass is 10.0. The standard InChI is InChI=1S/C13H28O2/c1-5-8-12(7-3)10-15-13(14)9-11(4)6-2/h11-14H,5-10H2,1-4H3. The third-order valence-electron chi connectivity index (χ3n) is 3.10. The summed E-state index contributed by atoms with van der Waals surface area (Å²) >= 11 is 0. The fourth-order valence-corrected chi connectivity index (χ4v) is 1.64. The number of hydrogen-bond donors (Lipinski definition) is 1. The molecule has 2 heteroatoms. The molecule has 15 heavy (non-hydrogen) atoms. The summed E-state index contributed by atoms with van der Waals surface area (Å²) in [5, 5.41) is 9.64. The van der Waals surface area contributed by atoms with Gasteiger partial charge < -0.3 is 9.84 Å². The first kappa shape index (κ1) is 14.9. The Morgan fingerprint density at radius 3 is 2.27 bits per heavy atom. The van der Waals surface area contributed by atoms with E-state index in [-0.39, 0.29) is 0 Å². The first-order valence-electron chi connectivity index (χ1n) is 6.43. The van der Waals surface area contributed by atoms with Crippen LogP contribution in [0.3, 0.4) is 0 Å². The van der Waals surface area contributed by atoms with Crippen LogP contribution in [0, 0.1) is 11.8 Å². The SMILES string of the molecule is CCCC(CC)COC(O)CC(C)CC. The van der Waals surface area contributed by atoms with Crippen molar-refractivity contribution < 1.29 is 9.84 Å². The van der Waals surface area contributed by atoms with Crippen LogP contribution in [-0.4, -0.2) is 18.0 Å². The third-order valence-corrected chi connectivity index (χ3v) is 3.10. The molecule has 0 saturated heterocycles. The van der Waals surface area contributed by atoms with Gasteiger partial charge in [0.2, 0.25) is 0 Å². The summed E-state index contributed by atoms with van der Waals surface area (Å²) in [5.41, 5.74) is 0. The third kappa shape index (κ3) is 7.80. The molecule has 0 fully saturated rings. The molecule has 3 unspecified atom stereocenters. The second-order valence-corrected chi connectivity index (χ2v) is 4.60. The summed E-state index contributed by atoms with van der Waals surface area (Å²) in [5.74, 6) is 1.16. The van der Waals surface area contributed by atoms with E-state index >= 15 is 0 Å². The summed E-state index contributed by atoms with van der Waals surface area (Å²) in [7, 11) is 0. The molecule has 0 aromatic carbocycles. The van der Waals surface area contributed by atoms with Crippen LogP contribution in [0.4, 0.5) is 0 Å². The maximum atomic E-state index is 9.64. The fraction of sp³-hybridized carbons (Fsp3) is 1.00. The van der Waals surface area contributed by atoms with E-state index in [1.165, 1.54) is 12.8 Å². The second-order valence-electron chi connectivity index (χ2n) is 4.60. The Labute approximate surface area is 95.0 Å². The van der Waals surface area contributed by atoms with Gasteiger partial charge in [-0.2, -0.15) is 0 Å². The largest absolute Gasteiger partial charge is 0.368 e. The Morgan fingerprint density at radius 2 is 1.80 bits per heavy atom. The average Bonchev–Trinajstić information content (AvgIpc) is 2.23. The number of aliphatic hydroxyl groups excluding tert-OH is 1. The normalized spacial score (nSPS) is 17.4. The predicted molar refractivity (Wildman–Crippen MR) is 64.7 cm³/mol. The molecule has 0 radical (unpaired) electrons. The van der Waals surface area contributed by atoms with Crippen molar-refractivity contribution in [1.82, 2.24) is 0 Å². The van der Waals surface area contributed by atoms with Crippen LogP contribution < -0.4 is 0 Å². The van der Waals surface area contributed by atoms with Gasteiger partial charge in [0.15, 0.2) is 6.29 Å². The van der Waals surface area contributed by atoms with E-state index in [4.69, 9.17) is 4.74 Å². The van der Waals surface area contributed by atoms with Crippen LogP contribution in [0.25, 0.3) is 0 Å². The second kappa shape index (κ2) is 9.17. The zero-order valence-corrected chi connectivity index (χ0v) is 10.8. The average molecular weight is 216 g/mol. The highest BCUT2D eigenvalue weighted by molar-refractivity contribution is 4.57. The van der Waals surface area contributed by atoms with Gasteiger partial charge in [0.1, 0.15) is 0 Å². The van der Waals surface area contributed by atoms with Crippen molar-refractivity contribution in [3.63, 3.8) is 0 Å². The molecular weight excluding hydrogens is 188 g/mol. The first-order valence-corrected chi connectivity index (χ1v) is 6.43. The monoisotopic (exact) mass is 216 g/mol. The molecule has 0 aliphatic rings. The van der Waals surface area contributed by atoms with E-state index in [0.717, 1.165) is 19.3 Å². The van der Waals surface area contributed by atoms with Crippen molar-refractivity contribution in [3.8, 4) is 0 Å². The van der Waals surface area contributed by atoms with Crippen molar-refractivity contribution >= 4 is 0 Å². The van der Waals surface area contributed by atoms with E-state index < -0.39 is 6.29 Å². The summed E-state index contributed by atoms with van der Waals surface area (Å²) in [6, 6.07) is 0. The maximum Gasteiger partial charge on any atom is 0.154 e. The molecule has 1 N–H and O–H groups in total. The molecular formula is C13H28O2. The lowest BCUT2D eigenvalue weighted by Crippen LogP contribution is -2.20. The lowest BCUT2D eigenvalue weighted by molar-refractivity contribution is -0.120. The Hall–Kier alpha value is -0.0800. The molecule has 0 aromatic rings. The molecule has 3 atom stereocenters. The van der Waals surface area contributed by atoms with Gasteiger partial charge in [0.25, 0.3) is 0 Å². The topological polar surface area (TPSA) is 29.5 Å². The van der Waals surface area contributed by atoms with Gasteiger partial charge in [-0.25, -0.2) is 0 Å². The predicted octanol–water partition coefficient (Wildman–Crippen LogP) is 3.58. The Morgan fingerprint density at radius 1 is 1.13 bits per heavy atom. The van der Waals surface area contributed by atoms with Gasteiger partial charge >= 0.3 is 0 Å². The van der Waals surface area contributed by atoms with E-state index in [1.807, 2.05) is 0 Å². The fourth-order valence-electron chi connectivity index (χ4n) is 1.64. The van der Waals surface area contributed by atoms with Gasteiger partial charge in [-0.1, -0.05) is 47.0 Å². The minimum Gasteiger partial charge on any atom is -0.368 e. The molecule has 0 heterocycles. The molecule has 92 valence electrons. The maximum absolute atomic E-state index is 9.64. The van der Waals surface area contributed by atoms with E-state index in [9.17, 15) is 5.11 Å². The minimum atomic E-state index is -0.564. The highest BCUT2D eigenvalue weighted by atomic mass is 16.6. The van der Waals surface area contributed by atoms with Crippen molar-refractivity contribution in [1.29, 1.82) is 0 Å². The number of rotatable bonds is 9. The van der Waals surface area contributed by atoms with Gasteiger partial charge in [0, 0.05) is 6.42 Å². The summed E-state index contributed by atoms with van der Waals surface area (Å²) < 4.78 is 5.48. The van der Waals surface area contributed by atoms with Crippen LogP contribution >= 0.6 is 0 Å². The molecule has 0 aliphatic carbocycles. The Bertz CT molecular complexity index is 136. The number of ether oxygens (including phenoxy) is 1. The molecule has 0 spiro atoms. The Balaban J connectivity index is 3.62. The van der Waals surface area contributed by atoms with Gasteiger partial charge in [0.05, 0.1) is 6.61 Å². The number of hydrogen-bond acceptors (Lipinski definition) is 2. The summed E-state index contributed by atoms with van der Waals surface area (Å²) in [6.07, 6.45) is 4.84.